The third kappa shape index (κ3) is 3.50. The van der Waals surface area contributed by atoms with Crippen LogP contribution in [0.5, 0.6) is 0 Å². The van der Waals surface area contributed by atoms with Crippen LogP contribution in [0.3, 0.4) is 0 Å². The van der Waals surface area contributed by atoms with Gasteiger partial charge >= 0.3 is 0 Å². The molecule has 1 atom stereocenters. The molecule has 0 aromatic heterocycles. The molecule has 2 aromatic rings. The molecule has 0 saturated heterocycles. The highest BCUT2D eigenvalue weighted by atomic mass is 16.2. The standard InChI is InChI=1S/C18H22N2O/c1-3-14-9-7-8-10-15(14)13-20-17(21)18(2,19)16-11-5-4-6-12-16/h4-12H,3,13,19H2,1-2H3,(H,20,21). The highest BCUT2D eigenvalue weighted by molar-refractivity contribution is 5.86. The van der Waals surface area contributed by atoms with Crippen LogP contribution in [0.2, 0.25) is 0 Å². The Morgan fingerprint density at radius 2 is 1.62 bits per heavy atom. The number of benzene rings is 2. The molecule has 21 heavy (non-hydrogen) atoms. The average Bonchev–Trinajstić information content (AvgIpc) is 2.53. The number of carbonyl (C=O) groups excluding carboxylic acids is 1. The van der Waals surface area contributed by atoms with E-state index >= 15 is 0 Å². The van der Waals surface area contributed by atoms with Gasteiger partial charge in [-0.05, 0) is 30.0 Å². The van der Waals surface area contributed by atoms with E-state index in [0.29, 0.717) is 6.54 Å². The lowest BCUT2D eigenvalue weighted by molar-refractivity contribution is -0.126. The fourth-order valence-electron chi connectivity index (χ4n) is 2.35. The van der Waals surface area contributed by atoms with Crippen molar-refractivity contribution in [3.8, 4) is 0 Å². The number of hydrogen-bond donors (Lipinski definition) is 2. The Bertz CT molecular complexity index is 606. The molecule has 0 radical (unpaired) electrons. The Hall–Kier alpha value is -2.13. The van der Waals surface area contributed by atoms with Crippen LogP contribution in [0.25, 0.3) is 0 Å². The van der Waals surface area contributed by atoms with Gasteiger partial charge in [0.25, 0.3) is 0 Å². The summed E-state index contributed by atoms with van der Waals surface area (Å²) in [5.74, 6) is -0.167. The minimum absolute atomic E-state index is 0.167. The van der Waals surface area contributed by atoms with Gasteiger partial charge in [0.2, 0.25) is 5.91 Å². The second-order valence-corrected chi connectivity index (χ2v) is 5.37. The van der Waals surface area contributed by atoms with Crippen LogP contribution in [-0.4, -0.2) is 5.91 Å². The van der Waals surface area contributed by atoms with Gasteiger partial charge in [-0.2, -0.15) is 0 Å². The molecule has 0 spiro atoms. The first-order chi connectivity index (χ1) is 10.1. The van der Waals surface area contributed by atoms with Crippen LogP contribution in [0.1, 0.15) is 30.5 Å². The molecule has 110 valence electrons. The van der Waals surface area contributed by atoms with Crippen molar-refractivity contribution in [2.45, 2.75) is 32.4 Å². The van der Waals surface area contributed by atoms with Crippen molar-refractivity contribution >= 4 is 5.91 Å². The number of nitrogens with one attached hydrogen (secondary N) is 1. The maximum Gasteiger partial charge on any atom is 0.244 e. The molecular weight excluding hydrogens is 260 g/mol. The molecule has 0 heterocycles. The van der Waals surface area contributed by atoms with E-state index in [2.05, 4.69) is 18.3 Å². The van der Waals surface area contributed by atoms with Crippen LogP contribution in [-0.2, 0) is 23.3 Å². The lowest BCUT2D eigenvalue weighted by Crippen LogP contribution is -2.48. The zero-order chi connectivity index (χ0) is 15.3. The highest BCUT2D eigenvalue weighted by Gasteiger charge is 2.29. The summed E-state index contributed by atoms with van der Waals surface area (Å²) < 4.78 is 0. The normalized spacial score (nSPS) is 13.5. The summed E-state index contributed by atoms with van der Waals surface area (Å²) in [6, 6.07) is 17.6. The van der Waals surface area contributed by atoms with E-state index in [4.69, 9.17) is 5.73 Å². The SMILES string of the molecule is CCc1ccccc1CNC(=O)C(C)(N)c1ccccc1. The Morgan fingerprint density at radius 3 is 2.24 bits per heavy atom. The predicted octanol–water partition coefficient (Wildman–Crippen LogP) is 2.74. The van der Waals surface area contributed by atoms with Gasteiger partial charge in [-0.15, -0.1) is 0 Å². The number of nitrogens with two attached hydrogens (primary N) is 1. The molecule has 0 aliphatic carbocycles. The molecule has 0 saturated carbocycles. The van der Waals surface area contributed by atoms with E-state index in [0.717, 1.165) is 17.5 Å². The van der Waals surface area contributed by atoms with E-state index in [1.807, 2.05) is 48.5 Å². The molecule has 0 aliphatic rings. The van der Waals surface area contributed by atoms with Crippen molar-refractivity contribution in [2.75, 3.05) is 0 Å². The van der Waals surface area contributed by atoms with E-state index in [1.54, 1.807) is 6.92 Å². The number of rotatable bonds is 5. The molecule has 2 rings (SSSR count). The van der Waals surface area contributed by atoms with Gasteiger partial charge in [-0.1, -0.05) is 61.5 Å². The Balaban J connectivity index is 2.08. The summed E-state index contributed by atoms with van der Waals surface area (Å²) in [6.07, 6.45) is 0.949. The van der Waals surface area contributed by atoms with Gasteiger partial charge in [0.15, 0.2) is 0 Å². The Labute approximate surface area is 126 Å². The summed E-state index contributed by atoms with van der Waals surface area (Å²) in [5.41, 5.74) is 8.37. The van der Waals surface area contributed by atoms with Crippen molar-refractivity contribution in [3.05, 3.63) is 71.3 Å². The highest BCUT2D eigenvalue weighted by Crippen LogP contribution is 2.18. The van der Waals surface area contributed by atoms with Crippen molar-refractivity contribution in [1.29, 1.82) is 0 Å². The molecule has 0 aliphatic heterocycles. The van der Waals surface area contributed by atoms with Crippen LogP contribution in [0, 0.1) is 0 Å². The predicted molar refractivity (Wildman–Crippen MR) is 85.6 cm³/mol. The molecule has 3 N–H and O–H groups in total. The first-order valence-electron chi connectivity index (χ1n) is 7.25. The minimum Gasteiger partial charge on any atom is -0.350 e. The zero-order valence-electron chi connectivity index (χ0n) is 12.6. The number of amides is 1. The second-order valence-electron chi connectivity index (χ2n) is 5.37. The molecule has 1 amide bonds. The fourth-order valence-corrected chi connectivity index (χ4v) is 2.35. The topological polar surface area (TPSA) is 55.1 Å². The van der Waals surface area contributed by atoms with Crippen molar-refractivity contribution < 1.29 is 4.79 Å². The van der Waals surface area contributed by atoms with Gasteiger partial charge in [-0.3, -0.25) is 4.79 Å². The molecule has 2 aromatic carbocycles. The summed E-state index contributed by atoms with van der Waals surface area (Å²) in [6.45, 7) is 4.35. The summed E-state index contributed by atoms with van der Waals surface area (Å²) >= 11 is 0. The smallest absolute Gasteiger partial charge is 0.244 e. The van der Waals surface area contributed by atoms with Crippen LogP contribution in [0.15, 0.2) is 54.6 Å². The zero-order valence-corrected chi connectivity index (χ0v) is 12.6. The van der Waals surface area contributed by atoms with Gasteiger partial charge < -0.3 is 11.1 Å². The maximum absolute atomic E-state index is 12.4. The molecule has 1 unspecified atom stereocenters. The second kappa shape index (κ2) is 6.55. The van der Waals surface area contributed by atoms with E-state index in [9.17, 15) is 4.79 Å². The van der Waals surface area contributed by atoms with E-state index in [1.165, 1.54) is 5.56 Å². The lowest BCUT2D eigenvalue weighted by Gasteiger charge is -2.24. The van der Waals surface area contributed by atoms with E-state index in [-0.39, 0.29) is 5.91 Å². The lowest BCUT2D eigenvalue weighted by atomic mass is 9.92. The first-order valence-corrected chi connectivity index (χ1v) is 7.25. The summed E-state index contributed by atoms with van der Waals surface area (Å²) in [4.78, 5) is 12.4. The molecule has 3 nitrogen and oxygen atoms in total. The van der Waals surface area contributed by atoms with Crippen molar-refractivity contribution in [3.63, 3.8) is 0 Å². The van der Waals surface area contributed by atoms with Gasteiger partial charge in [0, 0.05) is 6.54 Å². The van der Waals surface area contributed by atoms with Gasteiger partial charge in [0.1, 0.15) is 5.54 Å². The number of hydrogen-bond acceptors (Lipinski definition) is 2. The van der Waals surface area contributed by atoms with Gasteiger partial charge in [-0.25, -0.2) is 0 Å². The van der Waals surface area contributed by atoms with Crippen LogP contribution >= 0.6 is 0 Å². The van der Waals surface area contributed by atoms with Crippen molar-refractivity contribution in [2.24, 2.45) is 5.73 Å². The third-order valence-electron chi connectivity index (χ3n) is 3.78. The van der Waals surface area contributed by atoms with Crippen molar-refractivity contribution in [1.82, 2.24) is 5.32 Å². The molecule has 3 heteroatoms. The first kappa shape index (κ1) is 15.3. The largest absolute Gasteiger partial charge is 0.350 e. The van der Waals surface area contributed by atoms with Crippen LogP contribution in [0.4, 0.5) is 0 Å². The average molecular weight is 282 g/mol. The minimum atomic E-state index is -1.03. The number of aryl methyl sites for hydroxylation is 1. The Kier molecular flexibility index (Phi) is 4.76. The fraction of sp³-hybridized carbons (Fsp3) is 0.278. The van der Waals surface area contributed by atoms with Crippen LogP contribution < -0.4 is 11.1 Å². The maximum atomic E-state index is 12.4. The summed E-state index contributed by atoms with van der Waals surface area (Å²) in [7, 11) is 0. The third-order valence-corrected chi connectivity index (χ3v) is 3.78. The molecule has 0 bridgehead atoms. The van der Waals surface area contributed by atoms with E-state index < -0.39 is 5.54 Å². The van der Waals surface area contributed by atoms with Gasteiger partial charge in [0.05, 0.1) is 0 Å². The Morgan fingerprint density at radius 1 is 1.05 bits per heavy atom. The quantitative estimate of drug-likeness (QED) is 0.886. The molecule has 0 fully saturated rings. The molecular formula is C18H22N2O. The summed E-state index contributed by atoms with van der Waals surface area (Å²) in [5, 5.41) is 2.95. The monoisotopic (exact) mass is 282 g/mol. The number of carbonyl (C=O) groups is 1.